The van der Waals surface area contributed by atoms with Gasteiger partial charge in [-0.2, -0.15) is 0 Å². The van der Waals surface area contributed by atoms with Gasteiger partial charge >= 0.3 is 12.1 Å². The van der Waals surface area contributed by atoms with Crippen LogP contribution in [-0.4, -0.2) is 43.0 Å². The molecule has 6 heteroatoms. The summed E-state index contributed by atoms with van der Waals surface area (Å²) in [7, 11) is 0. The molecule has 0 saturated carbocycles. The van der Waals surface area contributed by atoms with Crippen molar-refractivity contribution in [1.82, 2.24) is 5.32 Å². The van der Waals surface area contributed by atoms with E-state index >= 15 is 0 Å². The number of nitrogens with one attached hydrogen (secondary N) is 1. The molecule has 1 saturated heterocycles. The predicted molar refractivity (Wildman–Crippen MR) is 123 cm³/mol. The molecule has 32 heavy (non-hydrogen) atoms. The molecule has 172 valence electrons. The molecule has 3 rings (SSSR count). The Morgan fingerprint density at radius 1 is 1.09 bits per heavy atom. The summed E-state index contributed by atoms with van der Waals surface area (Å²) >= 11 is 0. The lowest BCUT2D eigenvalue weighted by atomic mass is 9.90. The van der Waals surface area contributed by atoms with Crippen LogP contribution in [0.5, 0.6) is 0 Å². The number of alkyl carbamates (subject to hydrolysis) is 1. The fraction of sp³-hybridized carbons (Fsp3) is 0.462. The van der Waals surface area contributed by atoms with Crippen molar-refractivity contribution in [2.75, 3.05) is 13.2 Å². The maximum Gasteiger partial charge on any atom is 0.408 e. The van der Waals surface area contributed by atoms with E-state index in [-0.39, 0.29) is 12.0 Å². The number of carbonyl (C=O) groups excluding carboxylic acids is 2. The van der Waals surface area contributed by atoms with E-state index in [1.165, 1.54) is 5.56 Å². The number of cyclic esters (lactones) is 1. The van der Waals surface area contributed by atoms with E-state index in [1.807, 2.05) is 37.3 Å². The van der Waals surface area contributed by atoms with E-state index in [0.29, 0.717) is 26.1 Å². The minimum Gasteiger partial charge on any atom is -0.461 e. The summed E-state index contributed by atoms with van der Waals surface area (Å²) in [6.07, 6.45) is 0.0361. The van der Waals surface area contributed by atoms with Gasteiger partial charge in [0, 0.05) is 18.9 Å². The zero-order valence-electron chi connectivity index (χ0n) is 19.3. The van der Waals surface area contributed by atoms with E-state index in [4.69, 9.17) is 14.2 Å². The third-order valence-corrected chi connectivity index (χ3v) is 5.41. The number of ether oxygens (including phenoxy) is 3. The van der Waals surface area contributed by atoms with Crippen LogP contribution in [-0.2, 0) is 25.4 Å². The summed E-state index contributed by atoms with van der Waals surface area (Å²) < 4.78 is 16.9. The summed E-state index contributed by atoms with van der Waals surface area (Å²) in [4.78, 5) is 24.9. The second-order valence-electron chi connectivity index (χ2n) is 9.19. The molecule has 0 bridgehead atoms. The van der Waals surface area contributed by atoms with Crippen molar-refractivity contribution < 1.29 is 23.8 Å². The van der Waals surface area contributed by atoms with Gasteiger partial charge in [0.15, 0.2) is 0 Å². The highest BCUT2D eigenvalue weighted by molar-refractivity contribution is 5.81. The Bertz CT molecular complexity index is 906. The van der Waals surface area contributed by atoms with Crippen molar-refractivity contribution in [1.29, 1.82) is 0 Å². The molecule has 2 aromatic carbocycles. The Morgan fingerprint density at radius 2 is 1.78 bits per heavy atom. The Morgan fingerprint density at radius 3 is 2.50 bits per heavy atom. The molecule has 0 spiro atoms. The molecule has 0 unspecified atom stereocenters. The van der Waals surface area contributed by atoms with Crippen LogP contribution < -0.4 is 5.32 Å². The fourth-order valence-corrected chi connectivity index (χ4v) is 3.74. The zero-order chi connectivity index (χ0) is 23.1. The van der Waals surface area contributed by atoms with Gasteiger partial charge in [-0.15, -0.1) is 0 Å². The molecule has 1 aliphatic heterocycles. The SMILES string of the molecule is C[C@@H]1OC(=O)[C@@H](NC(=O)OC(C)(C)C)CCOC[C@H]1Cc1ccccc1-c1ccccc1. The molecular formula is C26H33NO5. The Labute approximate surface area is 190 Å². The van der Waals surface area contributed by atoms with Gasteiger partial charge < -0.3 is 19.5 Å². The molecule has 1 N–H and O–H groups in total. The number of rotatable bonds is 4. The van der Waals surface area contributed by atoms with E-state index in [9.17, 15) is 9.59 Å². The molecule has 0 radical (unpaired) electrons. The van der Waals surface area contributed by atoms with Crippen LogP contribution in [0.2, 0.25) is 0 Å². The van der Waals surface area contributed by atoms with Crippen molar-refractivity contribution in [3.8, 4) is 11.1 Å². The van der Waals surface area contributed by atoms with Crippen LogP contribution in [0, 0.1) is 5.92 Å². The first-order valence-electron chi connectivity index (χ1n) is 11.1. The van der Waals surface area contributed by atoms with Crippen molar-refractivity contribution in [2.24, 2.45) is 5.92 Å². The minimum absolute atomic E-state index is 0.0101. The molecule has 2 aromatic rings. The van der Waals surface area contributed by atoms with E-state index in [0.717, 1.165) is 11.1 Å². The van der Waals surface area contributed by atoms with Gasteiger partial charge in [-0.05, 0) is 50.8 Å². The Balaban J connectivity index is 1.70. The van der Waals surface area contributed by atoms with Gasteiger partial charge in [0.2, 0.25) is 0 Å². The van der Waals surface area contributed by atoms with Gasteiger partial charge in [-0.3, -0.25) is 0 Å². The summed E-state index contributed by atoms with van der Waals surface area (Å²) in [5.41, 5.74) is 2.85. The monoisotopic (exact) mass is 439 g/mol. The average molecular weight is 440 g/mol. The number of hydrogen-bond donors (Lipinski definition) is 1. The average Bonchev–Trinajstić information content (AvgIpc) is 2.79. The molecule has 1 heterocycles. The fourth-order valence-electron chi connectivity index (χ4n) is 3.74. The van der Waals surface area contributed by atoms with Crippen molar-refractivity contribution in [2.45, 2.75) is 58.3 Å². The summed E-state index contributed by atoms with van der Waals surface area (Å²) in [5.74, 6) is -0.473. The number of esters is 1. The van der Waals surface area contributed by atoms with Crippen LogP contribution in [0.1, 0.15) is 39.7 Å². The van der Waals surface area contributed by atoms with Crippen LogP contribution in [0.25, 0.3) is 11.1 Å². The first kappa shape index (κ1) is 23.8. The normalized spacial score (nSPS) is 22.1. The molecule has 1 aliphatic rings. The minimum atomic E-state index is -0.803. The van der Waals surface area contributed by atoms with Gasteiger partial charge in [-0.25, -0.2) is 9.59 Å². The van der Waals surface area contributed by atoms with Crippen LogP contribution >= 0.6 is 0 Å². The maximum atomic E-state index is 12.8. The van der Waals surface area contributed by atoms with E-state index in [1.54, 1.807) is 20.8 Å². The topological polar surface area (TPSA) is 73.9 Å². The standard InChI is InChI=1S/C26H33NO5/c1-18-21(16-20-12-8-9-13-22(20)19-10-6-5-7-11-19)17-30-15-14-23(24(28)31-18)27-25(29)32-26(2,3)4/h5-13,18,21,23H,14-17H2,1-4H3,(H,27,29)/t18-,21+,23-/m0/s1. The quantitative estimate of drug-likeness (QED) is 0.696. The van der Waals surface area contributed by atoms with E-state index < -0.39 is 23.7 Å². The van der Waals surface area contributed by atoms with Gasteiger partial charge in [0.1, 0.15) is 17.7 Å². The summed E-state index contributed by atoms with van der Waals surface area (Å²) in [6, 6.07) is 17.7. The number of hydrogen-bond acceptors (Lipinski definition) is 5. The largest absolute Gasteiger partial charge is 0.461 e. The highest BCUT2D eigenvalue weighted by Crippen LogP contribution is 2.27. The van der Waals surface area contributed by atoms with Gasteiger partial charge in [0.05, 0.1) is 6.61 Å². The number of carbonyl (C=O) groups is 2. The lowest BCUT2D eigenvalue weighted by Crippen LogP contribution is -2.45. The first-order valence-corrected chi connectivity index (χ1v) is 11.1. The highest BCUT2D eigenvalue weighted by atomic mass is 16.6. The summed E-state index contributed by atoms with van der Waals surface area (Å²) in [5, 5.41) is 2.62. The second-order valence-corrected chi connectivity index (χ2v) is 9.19. The summed E-state index contributed by atoms with van der Waals surface area (Å²) in [6.45, 7) is 8.02. The lowest BCUT2D eigenvalue weighted by Gasteiger charge is -2.25. The van der Waals surface area contributed by atoms with Crippen LogP contribution in [0.4, 0.5) is 4.79 Å². The Hall–Kier alpha value is -2.86. The van der Waals surface area contributed by atoms with E-state index in [2.05, 4.69) is 29.6 Å². The third kappa shape index (κ3) is 6.82. The maximum absolute atomic E-state index is 12.8. The van der Waals surface area contributed by atoms with Gasteiger partial charge in [-0.1, -0.05) is 54.6 Å². The Kier molecular flexibility index (Phi) is 7.91. The van der Waals surface area contributed by atoms with Gasteiger partial charge in [0.25, 0.3) is 0 Å². The first-order chi connectivity index (χ1) is 15.2. The van der Waals surface area contributed by atoms with Crippen LogP contribution in [0.3, 0.4) is 0 Å². The van der Waals surface area contributed by atoms with Crippen molar-refractivity contribution in [3.05, 3.63) is 60.2 Å². The highest BCUT2D eigenvalue weighted by Gasteiger charge is 2.31. The predicted octanol–water partition coefficient (Wildman–Crippen LogP) is 4.76. The molecule has 0 aliphatic carbocycles. The second kappa shape index (κ2) is 10.6. The number of amides is 1. The smallest absolute Gasteiger partial charge is 0.408 e. The molecule has 6 nitrogen and oxygen atoms in total. The number of benzene rings is 2. The molecule has 1 amide bonds. The van der Waals surface area contributed by atoms with Crippen LogP contribution in [0.15, 0.2) is 54.6 Å². The molecule has 0 aromatic heterocycles. The third-order valence-electron chi connectivity index (χ3n) is 5.41. The zero-order valence-corrected chi connectivity index (χ0v) is 19.3. The molecular weight excluding hydrogens is 406 g/mol. The molecule has 1 fully saturated rings. The van der Waals surface area contributed by atoms with Crippen molar-refractivity contribution in [3.63, 3.8) is 0 Å². The lowest BCUT2D eigenvalue weighted by molar-refractivity contribution is -0.153. The molecule has 3 atom stereocenters. The van der Waals surface area contributed by atoms with Crippen molar-refractivity contribution >= 4 is 12.1 Å².